The van der Waals surface area contributed by atoms with Gasteiger partial charge in [-0.1, -0.05) is 84.9 Å². The van der Waals surface area contributed by atoms with Gasteiger partial charge in [0.15, 0.2) is 0 Å². The van der Waals surface area contributed by atoms with Gasteiger partial charge in [-0.05, 0) is 139 Å². The van der Waals surface area contributed by atoms with Gasteiger partial charge in [-0.25, -0.2) is 0 Å². The first kappa shape index (κ1) is 28.6. The van der Waals surface area contributed by atoms with Gasteiger partial charge < -0.3 is 9.13 Å². The number of para-hydroxylation sites is 3. The highest BCUT2D eigenvalue weighted by molar-refractivity contribution is 6.09. The molecule has 0 amide bonds. The van der Waals surface area contributed by atoms with E-state index in [1.807, 2.05) is 0 Å². The zero-order valence-corrected chi connectivity index (χ0v) is 28.0. The molecule has 0 unspecified atom stereocenters. The standard InChI is InChI=1S/C46H38N2/c1-29-25-35(47-41-17-9-5-13-37(41)38-14-6-10-18-42(38)47)26-30(2)45(29)33-21-23-34(24-22-33)46-31(3)27-36(28-32(46)4)48-43-19-11-7-15-39(43)40-16-8-12-20-44(40)48/h5-7,9-15,17-28H,8,16H2,1-4H3. The minimum atomic E-state index is 1.10. The Kier molecular flexibility index (Phi) is 6.55. The van der Waals surface area contributed by atoms with Crippen molar-refractivity contribution in [2.24, 2.45) is 0 Å². The van der Waals surface area contributed by atoms with Gasteiger partial charge in [0.2, 0.25) is 0 Å². The van der Waals surface area contributed by atoms with Gasteiger partial charge in [-0.3, -0.25) is 0 Å². The second kappa shape index (κ2) is 11.0. The molecule has 2 heteroatoms. The van der Waals surface area contributed by atoms with Crippen LogP contribution < -0.4 is 0 Å². The fourth-order valence-electron chi connectivity index (χ4n) is 8.52. The highest BCUT2D eigenvalue weighted by atomic mass is 15.0. The van der Waals surface area contributed by atoms with Crippen molar-refractivity contribution >= 4 is 38.8 Å². The van der Waals surface area contributed by atoms with Crippen LogP contribution in [0, 0.1) is 27.7 Å². The molecule has 0 fully saturated rings. The van der Waals surface area contributed by atoms with E-state index in [2.05, 4.69) is 170 Å². The topological polar surface area (TPSA) is 9.86 Å². The maximum absolute atomic E-state index is 2.46. The summed E-state index contributed by atoms with van der Waals surface area (Å²) in [5, 5.41) is 3.96. The lowest BCUT2D eigenvalue weighted by molar-refractivity contribution is 0.966. The Balaban J connectivity index is 1.09. The maximum Gasteiger partial charge on any atom is 0.0541 e. The smallest absolute Gasteiger partial charge is 0.0541 e. The molecule has 2 nitrogen and oxygen atoms in total. The molecule has 0 bridgehead atoms. The van der Waals surface area contributed by atoms with E-state index in [-0.39, 0.29) is 0 Å². The van der Waals surface area contributed by atoms with Crippen molar-refractivity contribution in [3.05, 3.63) is 161 Å². The van der Waals surface area contributed by atoms with E-state index in [0.717, 1.165) is 12.8 Å². The third-order valence-electron chi connectivity index (χ3n) is 10.5. The molecule has 0 saturated carbocycles. The lowest BCUT2D eigenvalue weighted by atomic mass is 9.91. The third kappa shape index (κ3) is 4.33. The normalized spacial score (nSPS) is 12.8. The van der Waals surface area contributed by atoms with E-state index in [1.54, 1.807) is 0 Å². The summed E-state index contributed by atoms with van der Waals surface area (Å²) in [6, 6.07) is 45.0. The molecule has 48 heavy (non-hydrogen) atoms. The van der Waals surface area contributed by atoms with Crippen molar-refractivity contribution in [2.45, 2.75) is 40.5 Å². The number of nitrogens with zero attached hydrogens (tertiary/aromatic N) is 2. The zero-order chi connectivity index (χ0) is 32.5. The Morgan fingerprint density at radius 3 is 1.38 bits per heavy atom. The van der Waals surface area contributed by atoms with Gasteiger partial charge >= 0.3 is 0 Å². The summed E-state index contributed by atoms with van der Waals surface area (Å²) in [4.78, 5) is 0. The molecule has 8 aromatic rings. The van der Waals surface area contributed by atoms with Crippen molar-refractivity contribution in [3.8, 4) is 33.6 Å². The van der Waals surface area contributed by atoms with Gasteiger partial charge in [0.25, 0.3) is 0 Å². The molecule has 232 valence electrons. The largest absolute Gasteiger partial charge is 0.310 e. The molecule has 0 aliphatic heterocycles. The number of hydrogen-bond donors (Lipinski definition) is 0. The first-order valence-electron chi connectivity index (χ1n) is 17.1. The molecule has 0 N–H and O–H groups in total. The SMILES string of the molecule is Cc1cc(-n2c3c(c4ccccc42)CCC=C3)cc(C)c1-c1ccc(-c2c(C)cc(-n3c4ccccc4c4ccccc43)cc2C)cc1. The zero-order valence-electron chi connectivity index (χ0n) is 28.0. The number of fused-ring (bicyclic) bond motifs is 6. The number of allylic oxidation sites excluding steroid dienone is 1. The van der Waals surface area contributed by atoms with Crippen LogP contribution in [-0.2, 0) is 6.42 Å². The minimum absolute atomic E-state index is 1.10. The molecule has 0 saturated heterocycles. The fourth-order valence-corrected chi connectivity index (χ4v) is 8.52. The summed E-state index contributed by atoms with van der Waals surface area (Å²) in [6.07, 6.45) is 6.84. The van der Waals surface area contributed by atoms with Gasteiger partial charge in [-0.2, -0.15) is 0 Å². The molecule has 2 heterocycles. The highest BCUT2D eigenvalue weighted by Gasteiger charge is 2.20. The molecule has 0 spiro atoms. The Bertz CT molecular complexity index is 2490. The first-order chi connectivity index (χ1) is 23.5. The van der Waals surface area contributed by atoms with Crippen molar-refractivity contribution in [3.63, 3.8) is 0 Å². The quantitative estimate of drug-likeness (QED) is 0.186. The monoisotopic (exact) mass is 618 g/mol. The highest BCUT2D eigenvalue weighted by Crippen LogP contribution is 2.39. The predicted octanol–water partition coefficient (Wildman–Crippen LogP) is 12.3. The predicted molar refractivity (Wildman–Crippen MR) is 205 cm³/mol. The van der Waals surface area contributed by atoms with Gasteiger partial charge in [0, 0.05) is 33.2 Å². The molecular formula is C46H38N2. The van der Waals surface area contributed by atoms with Crippen LogP contribution in [0.3, 0.4) is 0 Å². The molecule has 9 rings (SSSR count). The lowest BCUT2D eigenvalue weighted by Gasteiger charge is -2.18. The van der Waals surface area contributed by atoms with Gasteiger partial charge in [0.05, 0.1) is 16.6 Å². The van der Waals surface area contributed by atoms with E-state index >= 15 is 0 Å². The number of aryl methyl sites for hydroxylation is 5. The second-order valence-electron chi connectivity index (χ2n) is 13.5. The number of benzene rings is 6. The van der Waals surface area contributed by atoms with Crippen molar-refractivity contribution in [2.75, 3.05) is 0 Å². The average molecular weight is 619 g/mol. The molecule has 0 radical (unpaired) electrons. The molecule has 1 aliphatic rings. The number of aromatic nitrogens is 2. The maximum atomic E-state index is 2.46. The Morgan fingerprint density at radius 1 is 0.458 bits per heavy atom. The third-order valence-corrected chi connectivity index (χ3v) is 10.5. The van der Waals surface area contributed by atoms with Gasteiger partial charge in [0.1, 0.15) is 0 Å². The summed E-state index contributed by atoms with van der Waals surface area (Å²) in [6.45, 7) is 9.02. The van der Waals surface area contributed by atoms with Crippen LogP contribution in [-0.4, -0.2) is 9.13 Å². The van der Waals surface area contributed by atoms with Crippen LogP contribution in [0.5, 0.6) is 0 Å². The fraction of sp³-hybridized carbons (Fsp3) is 0.130. The van der Waals surface area contributed by atoms with E-state index in [0.29, 0.717) is 0 Å². The van der Waals surface area contributed by atoms with Crippen LogP contribution in [0.1, 0.15) is 39.9 Å². The second-order valence-corrected chi connectivity index (χ2v) is 13.5. The van der Waals surface area contributed by atoms with Gasteiger partial charge in [-0.15, -0.1) is 0 Å². The molecular weight excluding hydrogens is 581 g/mol. The molecule has 2 aromatic heterocycles. The van der Waals surface area contributed by atoms with Crippen LogP contribution >= 0.6 is 0 Å². The van der Waals surface area contributed by atoms with Crippen LogP contribution in [0.25, 0.3) is 72.4 Å². The van der Waals surface area contributed by atoms with E-state index < -0.39 is 0 Å². The van der Waals surface area contributed by atoms with Crippen LogP contribution in [0.2, 0.25) is 0 Å². The summed E-state index contributed by atoms with van der Waals surface area (Å²) in [5.74, 6) is 0. The number of rotatable bonds is 4. The van der Waals surface area contributed by atoms with Crippen molar-refractivity contribution < 1.29 is 0 Å². The molecule has 0 atom stereocenters. The lowest BCUT2D eigenvalue weighted by Crippen LogP contribution is -2.02. The number of hydrogen-bond acceptors (Lipinski definition) is 0. The molecule has 1 aliphatic carbocycles. The van der Waals surface area contributed by atoms with Crippen LogP contribution in [0.4, 0.5) is 0 Å². The first-order valence-corrected chi connectivity index (χ1v) is 17.1. The van der Waals surface area contributed by atoms with E-state index in [4.69, 9.17) is 0 Å². The van der Waals surface area contributed by atoms with Crippen LogP contribution in [0.15, 0.2) is 127 Å². The minimum Gasteiger partial charge on any atom is -0.310 e. The summed E-state index contributed by atoms with van der Waals surface area (Å²) >= 11 is 0. The van der Waals surface area contributed by atoms with E-state index in [9.17, 15) is 0 Å². The Hall–Kier alpha value is -5.60. The summed E-state index contributed by atoms with van der Waals surface area (Å²) in [7, 11) is 0. The Morgan fingerprint density at radius 2 is 0.875 bits per heavy atom. The average Bonchev–Trinajstić information content (AvgIpc) is 3.61. The van der Waals surface area contributed by atoms with Crippen molar-refractivity contribution in [1.29, 1.82) is 0 Å². The summed E-state index contributed by atoms with van der Waals surface area (Å²) in [5.41, 5.74) is 19.3. The van der Waals surface area contributed by atoms with Crippen molar-refractivity contribution in [1.82, 2.24) is 9.13 Å². The Labute approximate surface area is 282 Å². The van der Waals surface area contributed by atoms with E-state index in [1.165, 1.54) is 99.8 Å². The molecule has 6 aromatic carbocycles. The summed E-state index contributed by atoms with van der Waals surface area (Å²) < 4.78 is 4.87.